The van der Waals surface area contributed by atoms with Crippen molar-refractivity contribution in [1.29, 1.82) is 0 Å². The Hall–Kier alpha value is -1.75. The number of hydrogen-bond donors (Lipinski definition) is 1. The minimum Gasteiger partial charge on any atom is -0.495 e. The molecule has 1 aliphatic rings. The summed E-state index contributed by atoms with van der Waals surface area (Å²) in [6, 6.07) is 5.31. The number of rotatable bonds is 3. The molecule has 1 aromatic carbocycles. The van der Waals surface area contributed by atoms with Gasteiger partial charge in [0.15, 0.2) is 0 Å². The Balaban J connectivity index is 2.38. The highest BCUT2D eigenvalue weighted by Crippen LogP contribution is 2.31. The van der Waals surface area contributed by atoms with E-state index in [0.29, 0.717) is 13.1 Å². The van der Waals surface area contributed by atoms with Crippen LogP contribution in [-0.2, 0) is 4.79 Å². The summed E-state index contributed by atoms with van der Waals surface area (Å²) in [6.07, 6.45) is 0. The van der Waals surface area contributed by atoms with Crippen LogP contribution in [0.4, 0.5) is 5.69 Å². The molecule has 2 rings (SSSR count). The van der Waals surface area contributed by atoms with E-state index in [1.165, 1.54) is 0 Å². The number of anilines is 1. The number of ether oxygens (including phenoxy) is 1. The van der Waals surface area contributed by atoms with Crippen LogP contribution in [0.2, 0.25) is 0 Å². The molecule has 1 N–H and O–H groups in total. The molecule has 0 radical (unpaired) electrons. The minimum absolute atomic E-state index is 0.520. The number of likely N-dealkylation sites (N-methyl/N-ethyl adjacent to an activating group) is 1. The summed E-state index contributed by atoms with van der Waals surface area (Å²) in [5.74, 6) is -0.0727. The molecule has 1 aromatic rings. The standard InChI is InChI=1S/C14H20N2O3/c1-10-4-5-13(19-3)11(8-10)16-7-6-15(2)9-12(16)14(17)18/h4-5,8,12H,6-7,9H2,1-3H3,(H,17,18). The highest BCUT2D eigenvalue weighted by atomic mass is 16.5. The van der Waals surface area contributed by atoms with E-state index in [0.717, 1.165) is 23.5 Å². The van der Waals surface area contributed by atoms with E-state index in [2.05, 4.69) is 0 Å². The summed E-state index contributed by atoms with van der Waals surface area (Å²) in [5.41, 5.74) is 1.96. The van der Waals surface area contributed by atoms with Gasteiger partial charge in [0.05, 0.1) is 12.8 Å². The highest BCUT2D eigenvalue weighted by molar-refractivity contribution is 5.80. The molecular formula is C14H20N2O3. The molecule has 0 amide bonds. The minimum atomic E-state index is -0.796. The number of aryl methyl sites for hydroxylation is 1. The van der Waals surface area contributed by atoms with Crippen LogP contribution >= 0.6 is 0 Å². The maximum Gasteiger partial charge on any atom is 0.327 e. The Morgan fingerprint density at radius 1 is 1.42 bits per heavy atom. The van der Waals surface area contributed by atoms with E-state index >= 15 is 0 Å². The fourth-order valence-corrected chi connectivity index (χ4v) is 2.44. The number of carboxylic acid groups (broad SMARTS) is 1. The molecule has 1 saturated heterocycles. The largest absolute Gasteiger partial charge is 0.495 e. The lowest BCUT2D eigenvalue weighted by atomic mass is 10.1. The van der Waals surface area contributed by atoms with Gasteiger partial charge in [-0.3, -0.25) is 0 Å². The first-order chi connectivity index (χ1) is 9.02. The SMILES string of the molecule is COc1ccc(C)cc1N1CCN(C)CC1C(=O)O. The zero-order valence-electron chi connectivity index (χ0n) is 11.6. The van der Waals surface area contributed by atoms with Crippen LogP contribution in [0, 0.1) is 6.92 Å². The van der Waals surface area contributed by atoms with Gasteiger partial charge in [0.2, 0.25) is 0 Å². The summed E-state index contributed by atoms with van der Waals surface area (Å²) < 4.78 is 5.36. The number of carbonyl (C=O) groups is 1. The van der Waals surface area contributed by atoms with Crippen LogP contribution in [0.25, 0.3) is 0 Å². The Morgan fingerprint density at radius 2 is 2.16 bits per heavy atom. The van der Waals surface area contributed by atoms with Crippen molar-refractivity contribution in [3.63, 3.8) is 0 Å². The van der Waals surface area contributed by atoms with Crippen LogP contribution < -0.4 is 9.64 Å². The normalized spacial score (nSPS) is 20.4. The summed E-state index contributed by atoms with van der Waals surface area (Å²) in [6.45, 7) is 4.05. The van der Waals surface area contributed by atoms with Crippen molar-refractivity contribution in [2.45, 2.75) is 13.0 Å². The van der Waals surface area contributed by atoms with Crippen molar-refractivity contribution in [2.24, 2.45) is 0 Å². The number of nitrogens with zero attached hydrogens (tertiary/aromatic N) is 2. The third kappa shape index (κ3) is 2.81. The van der Waals surface area contributed by atoms with E-state index in [4.69, 9.17) is 4.74 Å². The number of methoxy groups -OCH3 is 1. The predicted molar refractivity (Wildman–Crippen MR) is 74.0 cm³/mol. The molecule has 1 aliphatic heterocycles. The monoisotopic (exact) mass is 264 g/mol. The Morgan fingerprint density at radius 3 is 2.79 bits per heavy atom. The molecule has 5 nitrogen and oxygen atoms in total. The van der Waals surface area contributed by atoms with Gasteiger partial charge in [-0.2, -0.15) is 0 Å². The van der Waals surface area contributed by atoms with Crippen LogP contribution in [0.15, 0.2) is 18.2 Å². The number of aliphatic carboxylic acids is 1. The smallest absolute Gasteiger partial charge is 0.327 e. The van der Waals surface area contributed by atoms with E-state index in [9.17, 15) is 9.90 Å². The Labute approximate surface area is 113 Å². The van der Waals surface area contributed by atoms with Gasteiger partial charge >= 0.3 is 5.97 Å². The number of hydrogen-bond acceptors (Lipinski definition) is 4. The second-order valence-electron chi connectivity index (χ2n) is 4.98. The van der Waals surface area contributed by atoms with Gasteiger partial charge in [-0.1, -0.05) is 6.07 Å². The maximum absolute atomic E-state index is 11.5. The summed E-state index contributed by atoms with van der Waals surface area (Å²) >= 11 is 0. The first kappa shape index (κ1) is 13.7. The third-order valence-corrected chi connectivity index (χ3v) is 3.51. The van der Waals surface area contributed by atoms with Crippen LogP contribution in [0.1, 0.15) is 5.56 Å². The quantitative estimate of drug-likeness (QED) is 0.889. The molecule has 0 spiro atoms. The van der Waals surface area contributed by atoms with Crippen molar-refractivity contribution in [3.8, 4) is 5.75 Å². The lowest BCUT2D eigenvalue weighted by Crippen LogP contribution is -2.55. The van der Waals surface area contributed by atoms with E-state index in [-0.39, 0.29) is 0 Å². The fourth-order valence-electron chi connectivity index (χ4n) is 2.44. The molecule has 0 aliphatic carbocycles. The van der Waals surface area contributed by atoms with Gasteiger partial charge in [-0.25, -0.2) is 4.79 Å². The third-order valence-electron chi connectivity index (χ3n) is 3.51. The zero-order valence-corrected chi connectivity index (χ0v) is 11.6. The molecule has 19 heavy (non-hydrogen) atoms. The summed E-state index contributed by atoms with van der Waals surface area (Å²) in [5, 5.41) is 9.41. The van der Waals surface area contributed by atoms with Crippen molar-refractivity contribution in [2.75, 3.05) is 38.7 Å². The topological polar surface area (TPSA) is 53.0 Å². The molecule has 104 valence electrons. The van der Waals surface area contributed by atoms with Gasteiger partial charge in [0.25, 0.3) is 0 Å². The molecule has 0 bridgehead atoms. The van der Waals surface area contributed by atoms with Gasteiger partial charge in [-0.15, -0.1) is 0 Å². The van der Waals surface area contributed by atoms with Crippen molar-refractivity contribution in [1.82, 2.24) is 4.90 Å². The lowest BCUT2D eigenvalue weighted by molar-refractivity contribution is -0.139. The first-order valence-electron chi connectivity index (χ1n) is 6.35. The zero-order chi connectivity index (χ0) is 14.0. The molecule has 0 saturated carbocycles. The number of benzene rings is 1. The van der Waals surface area contributed by atoms with E-state index < -0.39 is 12.0 Å². The fraction of sp³-hybridized carbons (Fsp3) is 0.500. The molecule has 1 unspecified atom stereocenters. The van der Waals surface area contributed by atoms with Crippen molar-refractivity contribution >= 4 is 11.7 Å². The second kappa shape index (κ2) is 5.48. The van der Waals surface area contributed by atoms with Crippen LogP contribution in [-0.4, -0.2) is 55.8 Å². The Kier molecular flexibility index (Phi) is 3.95. The van der Waals surface area contributed by atoms with Gasteiger partial charge in [-0.05, 0) is 31.7 Å². The molecule has 5 heteroatoms. The molecule has 1 atom stereocenters. The number of piperazine rings is 1. The van der Waals surface area contributed by atoms with Crippen LogP contribution in [0.3, 0.4) is 0 Å². The van der Waals surface area contributed by atoms with Gasteiger partial charge in [0.1, 0.15) is 11.8 Å². The maximum atomic E-state index is 11.5. The second-order valence-corrected chi connectivity index (χ2v) is 4.98. The average molecular weight is 264 g/mol. The summed E-state index contributed by atoms with van der Waals surface area (Å²) in [4.78, 5) is 15.4. The lowest BCUT2D eigenvalue weighted by Gasteiger charge is -2.39. The first-order valence-corrected chi connectivity index (χ1v) is 6.35. The summed E-state index contributed by atoms with van der Waals surface area (Å²) in [7, 11) is 3.56. The molecule has 1 fully saturated rings. The van der Waals surface area contributed by atoms with E-state index in [1.54, 1.807) is 7.11 Å². The highest BCUT2D eigenvalue weighted by Gasteiger charge is 2.32. The average Bonchev–Trinajstić information content (AvgIpc) is 2.38. The number of carboxylic acids is 1. The predicted octanol–water partition coefficient (Wildman–Crippen LogP) is 1.21. The molecular weight excluding hydrogens is 244 g/mol. The Bertz CT molecular complexity index is 476. The van der Waals surface area contributed by atoms with Crippen molar-refractivity contribution in [3.05, 3.63) is 23.8 Å². The van der Waals surface area contributed by atoms with Gasteiger partial charge < -0.3 is 19.6 Å². The van der Waals surface area contributed by atoms with Crippen LogP contribution in [0.5, 0.6) is 5.75 Å². The van der Waals surface area contributed by atoms with E-state index in [1.807, 2.05) is 42.0 Å². The molecule has 0 aromatic heterocycles. The molecule has 1 heterocycles. The van der Waals surface area contributed by atoms with Gasteiger partial charge in [0, 0.05) is 19.6 Å². The van der Waals surface area contributed by atoms with Crippen molar-refractivity contribution < 1.29 is 14.6 Å².